The lowest BCUT2D eigenvalue weighted by atomic mass is 10.2. The number of nitrogens with zero attached hydrogens (tertiary/aromatic N) is 2. The number of aromatic nitrogens is 1. The van der Waals surface area contributed by atoms with E-state index in [-0.39, 0.29) is 0 Å². The molecule has 118 valence electrons. The number of anilines is 2. The van der Waals surface area contributed by atoms with Crippen LogP contribution in [0.3, 0.4) is 0 Å². The fraction of sp³-hybridized carbons (Fsp3) is 0.438. The van der Waals surface area contributed by atoms with Crippen molar-refractivity contribution < 1.29 is 0 Å². The van der Waals surface area contributed by atoms with E-state index in [1.54, 1.807) is 0 Å². The molecule has 5 nitrogen and oxygen atoms in total. The second-order valence-electron chi connectivity index (χ2n) is 5.51. The second kappa shape index (κ2) is 7.13. The van der Waals surface area contributed by atoms with Crippen molar-refractivity contribution in [1.82, 2.24) is 10.3 Å². The van der Waals surface area contributed by atoms with E-state index in [4.69, 9.17) is 22.3 Å². The highest BCUT2D eigenvalue weighted by atomic mass is 35.5. The molecular weight excluding hydrogens is 298 g/mol. The van der Waals surface area contributed by atoms with Crippen molar-refractivity contribution in [3.63, 3.8) is 0 Å². The Bertz CT molecular complexity index is 640. The number of nitrogens with one attached hydrogen (secondary N) is 2. The normalized spacial score (nSPS) is 15.3. The van der Waals surface area contributed by atoms with E-state index in [0.29, 0.717) is 11.6 Å². The van der Waals surface area contributed by atoms with E-state index in [2.05, 4.69) is 27.7 Å². The minimum Gasteiger partial charge on any atom is -0.385 e. The smallest absolute Gasteiger partial charge is 0.148 e. The number of nitrogens with two attached hydrogens (primary N) is 1. The standard InChI is InChI=1S/C16H22ClN5/c17-14-11-12-10-13(20-5-1-4-18)2-3-15(12)21-16(14)22-8-6-19-7-9-22/h2-3,10-11,19-20H,1,4-9,18H2. The second-order valence-corrected chi connectivity index (χ2v) is 5.91. The Hall–Kier alpha value is -1.56. The van der Waals surface area contributed by atoms with Crippen molar-refractivity contribution in [2.24, 2.45) is 5.73 Å². The van der Waals surface area contributed by atoms with Crippen LogP contribution in [-0.4, -0.2) is 44.3 Å². The molecule has 0 unspecified atom stereocenters. The van der Waals surface area contributed by atoms with Gasteiger partial charge in [0.1, 0.15) is 5.82 Å². The van der Waals surface area contributed by atoms with E-state index >= 15 is 0 Å². The van der Waals surface area contributed by atoms with Crippen molar-refractivity contribution in [3.05, 3.63) is 29.3 Å². The van der Waals surface area contributed by atoms with E-state index in [0.717, 1.165) is 61.6 Å². The third-order valence-corrected chi connectivity index (χ3v) is 4.15. The van der Waals surface area contributed by atoms with Gasteiger partial charge in [0.2, 0.25) is 0 Å². The molecule has 0 radical (unpaired) electrons. The third kappa shape index (κ3) is 3.43. The summed E-state index contributed by atoms with van der Waals surface area (Å²) >= 11 is 6.45. The number of hydrogen-bond donors (Lipinski definition) is 3. The van der Waals surface area contributed by atoms with E-state index in [1.165, 1.54) is 0 Å². The van der Waals surface area contributed by atoms with Gasteiger partial charge in [0, 0.05) is 43.8 Å². The number of benzene rings is 1. The van der Waals surface area contributed by atoms with Gasteiger partial charge in [-0.3, -0.25) is 0 Å². The molecule has 0 bridgehead atoms. The van der Waals surface area contributed by atoms with Gasteiger partial charge in [-0.05, 0) is 37.2 Å². The van der Waals surface area contributed by atoms with Crippen LogP contribution in [0.5, 0.6) is 0 Å². The maximum Gasteiger partial charge on any atom is 0.148 e. The van der Waals surface area contributed by atoms with Crippen LogP contribution in [0.2, 0.25) is 5.02 Å². The minimum absolute atomic E-state index is 0.696. The average molecular weight is 320 g/mol. The minimum atomic E-state index is 0.696. The first-order valence-electron chi connectivity index (χ1n) is 7.78. The largest absolute Gasteiger partial charge is 0.385 e. The first kappa shape index (κ1) is 15.3. The molecule has 2 heterocycles. The average Bonchev–Trinajstić information content (AvgIpc) is 2.55. The van der Waals surface area contributed by atoms with Gasteiger partial charge >= 0.3 is 0 Å². The molecule has 6 heteroatoms. The zero-order valence-electron chi connectivity index (χ0n) is 12.6. The summed E-state index contributed by atoms with van der Waals surface area (Å²) in [5.74, 6) is 0.888. The number of hydrogen-bond acceptors (Lipinski definition) is 5. The Morgan fingerprint density at radius 2 is 2.09 bits per heavy atom. The molecule has 4 N–H and O–H groups in total. The molecule has 0 amide bonds. The van der Waals surface area contributed by atoms with Crippen molar-refractivity contribution in [3.8, 4) is 0 Å². The topological polar surface area (TPSA) is 66.2 Å². The summed E-state index contributed by atoms with van der Waals surface area (Å²) in [6.45, 7) is 5.40. The number of fused-ring (bicyclic) bond motifs is 1. The predicted molar refractivity (Wildman–Crippen MR) is 94.0 cm³/mol. The predicted octanol–water partition coefficient (Wildman–Crippen LogP) is 2.06. The number of halogens is 1. The highest BCUT2D eigenvalue weighted by Crippen LogP contribution is 2.29. The Kier molecular flexibility index (Phi) is 4.97. The fourth-order valence-corrected chi connectivity index (χ4v) is 2.96. The molecule has 1 aromatic carbocycles. The molecule has 0 atom stereocenters. The van der Waals surface area contributed by atoms with Crippen molar-refractivity contribution >= 4 is 34.0 Å². The van der Waals surface area contributed by atoms with Crippen LogP contribution >= 0.6 is 11.6 Å². The SMILES string of the molecule is NCCCNc1ccc2nc(N3CCNCC3)c(Cl)cc2c1. The first-order valence-corrected chi connectivity index (χ1v) is 8.15. The van der Waals surface area contributed by atoms with E-state index in [9.17, 15) is 0 Å². The molecule has 0 spiro atoms. The van der Waals surface area contributed by atoms with Crippen LogP contribution in [0, 0.1) is 0 Å². The number of piperazine rings is 1. The van der Waals surface area contributed by atoms with Crippen LogP contribution in [0.15, 0.2) is 24.3 Å². The van der Waals surface area contributed by atoms with Crippen molar-refractivity contribution in [2.45, 2.75) is 6.42 Å². The van der Waals surface area contributed by atoms with Gasteiger partial charge in [0.05, 0.1) is 10.5 Å². The molecule has 0 saturated carbocycles. The van der Waals surface area contributed by atoms with Gasteiger partial charge in [0.15, 0.2) is 0 Å². The lowest BCUT2D eigenvalue weighted by Gasteiger charge is -2.29. The van der Waals surface area contributed by atoms with Crippen molar-refractivity contribution in [1.29, 1.82) is 0 Å². The Labute approximate surface area is 135 Å². The molecule has 3 rings (SSSR count). The summed E-state index contributed by atoms with van der Waals surface area (Å²) in [6.07, 6.45) is 0.957. The maximum absolute atomic E-state index is 6.45. The van der Waals surface area contributed by atoms with Gasteiger partial charge in [-0.1, -0.05) is 11.6 Å². The van der Waals surface area contributed by atoms with Gasteiger partial charge in [0.25, 0.3) is 0 Å². The molecule has 22 heavy (non-hydrogen) atoms. The molecule has 1 saturated heterocycles. The van der Waals surface area contributed by atoms with Crippen molar-refractivity contribution in [2.75, 3.05) is 49.5 Å². The monoisotopic (exact) mass is 319 g/mol. The lowest BCUT2D eigenvalue weighted by Crippen LogP contribution is -2.44. The highest BCUT2D eigenvalue weighted by Gasteiger charge is 2.15. The van der Waals surface area contributed by atoms with Gasteiger partial charge in [-0.25, -0.2) is 4.98 Å². The van der Waals surface area contributed by atoms with Crippen LogP contribution in [0.1, 0.15) is 6.42 Å². The number of rotatable bonds is 5. The van der Waals surface area contributed by atoms with Crippen LogP contribution in [-0.2, 0) is 0 Å². The molecule has 1 fully saturated rings. The van der Waals surface area contributed by atoms with Gasteiger partial charge in [-0.15, -0.1) is 0 Å². The summed E-state index contributed by atoms with van der Waals surface area (Å²) in [5, 5.41) is 8.48. The summed E-state index contributed by atoms with van der Waals surface area (Å²) in [5.41, 5.74) is 7.57. The quantitative estimate of drug-likeness (QED) is 0.736. The zero-order valence-corrected chi connectivity index (χ0v) is 13.4. The molecule has 1 aromatic heterocycles. The molecule has 1 aliphatic heterocycles. The summed E-state index contributed by atoms with van der Waals surface area (Å²) in [7, 11) is 0. The molecular formula is C16H22ClN5. The third-order valence-electron chi connectivity index (χ3n) is 3.88. The Morgan fingerprint density at radius 3 is 2.86 bits per heavy atom. The van der Waals surface area contributed by atoms with Gasteiger partial charge < -0.3 is 21.3 Å². The van der Waals surface area contributed by atoms with E-state index < -0.39 is 0 Å². The Morgan fingerprint density at radius 1 is 1.27 bits per heavy atom. The maximum atomic E-state index is 6.45. The van der Waals surface area contributed by atoms with Gasteiger partial charge in [-0.2, -0.15) is 0 Å². The lowest BCUT2D eigenvalue weighted by molar-refractivity contribution is 0.585. The summed E-state index contributed by atoms with van der Waals surface area (Å²) in [6, 6.07) is 8.20. The van der Waals surface area contributed by atoms with Crippen LogP contribution < -0.4 is 21.3 Å². The highest BCUT2D eigenvalue weighted by molar-refractivity contribution is 6.33. The zero-order chi connectivity index (χ0) is 15.4. The van der Waals surface area contributed by atoms with Crippen LogP contribution in [0.4, 0.5) is 11.5 Å². The first-order chi connectivity index (χ1) is 10.8. The number of pyridine rings is 1. The molecule has 0 aliphatic carbocycles. The summed E-state index contributed by atoms with van der Waals surface area (Å²) in [4.78, 5) is 7.00. The molecule has 2 aromatic rings. The van der Waals surface area contributed by atoms with Crippen LogP contribution in [0.25, 0.3) is 10.9 Å². The molecule has 1 aliphatic rings. The fourth-order valence-electron chi connectivity index (χ4n) is 2.68. The summed E-state index contributed by atoms with van der Waals surface area (Å²) < 4.78 is 0. The van der Waals surface area contributed by atoms with E-state index in [1.807, 2.05) is 12.1 Å². The Balaban J connectivity index is 1.85.